The fraction of sp³-hybridized carbons (Fsp3) is 0.615. The van der Waals surface area contributed by atoms with Gasteiger partial charge in [-0.25, -0.2) is 9.59 Å². The number of amides is 1. The van der Waals surface area contributed by atoms with E-state index in [1.54, 1.807) is 11.6 Å². The third-order valence-electron chi connectivity index (χ3n) is 3.55. The van der Waals surface area contributed by atoms with E-state index in [-0.39, 0.29) is 11.1 Å². The number of hydrogen-bond donors (Lipinski definition) is 1. The highest BCUT2D eigenvalue weighted by Gasteiger charge is 2.24. The Morgan fingerprint density at radius 2 is 2.14 bits per heavy atom. The van der Waals surface area contributed by atoms with E-state index in [0.29, 0.717) is 31.9 Å². The van der Waals surface area contributed by atoms with Crippen molar-refractivity contribution >= 4 is 23.7 Å². The lowest BCUT2D eigenvalue weighted by Crippen LogP contribution is -2.38. The maximum Gasteiger partial charge on any atom is 0.407 e. The summed E-state index contributed by atoms with van der Waals surface area (Å²) in [7, 11) is 0. The smallest absolute Gasteiger partial charge is 0.407 e. The molecule has 1 saturated heterocycles. The van der Waals surface area contributed by atoms with Crippen LogP contribution in [-0.4, -0.2) is 51.5 Å². The van der Waals surface area contributed by atoms with E-state index in [1.165, 1.54) is 11.0 Å². The second-order valence-corrected chi connectivity index (χ2v) is 5.36. The Balaban J connectivity index is 2.00. The molecule has 0 saturated carbocycles. The molecule has 1 aliphatic heterocycles. The van der Waals surface area contributed by atoms with Gasteiger partial charge in [0.05, 0.1) is 6.61 Å². The van der Waals surface area contributed by atoms with Crippen LogP contribution in [0.3, 0.4) is 0 Å². The van der Waals surface area contributed by atoms with Crippen molar-refractivity contribution in [3.05, 3.63) is 16.9 Å². The van der Waals surface area contributed by atoms with Crippen molar-refractivity contribution in [3.63, 3.8) is 0 Å². The first-order valence-corrected chi connectivity index (χ1v) is 7.27. The molecule has 1 aromatic rings. The minimum absolute atomic E-state index is 0.251. The van der Waals surface area contributed by atoms with Gasteiger partial charge in [0.1, 0.15) is 5.69 Å². The van der Waals surface area contributed by atoms with Gasteiger partial charge in [-0.15, -0.1) is 0 Å². The molecule has 116 valence electrons. The standard InChI is InChI=1S/C13H18ClN3O4/c1-2-21-12(18)10-7-11(14)15-17(10)8-9-3-5-16(6-4-9)13(19)20/h7,9H,2-6,8H2,1H3,(H,19,20). The van der Waals surface area contributed by atoms with Crippen molar-refractivity contribution in [2.24, 2.45) is 5.92 Å². The zero-order valence-electron chi connectivity index (χ0n) is 11.8. The molecule has 0 radical (unpaired) electrons. The number of nitrogens with zero attached hydrogens (tertiary/aromatic N) is 3. The van der Waals surface area contributed by atoms with Crippen LogP contribution in [0.25, 0.3) is 0 Å². The van der Waals surface area contributed by atoms with Gasteiger partial charge in [-0.3, -0.25) is 4.68 Å². The van der Waals surface area contributed by atoms with Crippen LogP contribution in [0.4, 0.5) is 4.79 Å². The molecule has 0 spiro atoms. The Kier molecular flexibility index (Phi) is 5.06. The van der Waals surface area contributed by atoms with Gasteiger partial charge in [-0.05, 0) is 25.7 Å². The number of halogens is 1. The Morgan fingerprint density at radius 1 is 1.48 bits per heavy atom. The molecule has 2 heterocycles. The highest BCUT2D eigenvalue weighted by molar-refractivity contribution is 6.29. The summed E-state index contributed by atoms with van der Waals surface area (Å²) in [6, 6.07) is 1.49. The first-order valence-electron chi connectivity index (χ1n) is 6.89. The molecular weight excluding hydrogens is 298 g/mol. The Labute approximate surface area is 127 Å². The van der Waals surface area contributed by atoms with E-state index < -0.39 is 12.1 Å². The number of aromatic nitrogens is 2. The molecule has 0 aliphatic carbocycles. The molecule has 8 heteroatoms. The number of carbonyl (C=O) groups is 2. The largest absolute Gasteiger partial charge is 0.465 e. The zero-order valence-corrected chi connectivity index (χ0v) is 12.5. The van der Waals surface area contributed by atoms with Crippen LogP contribution in [0.2, 0.25) is 5.15 Å². The second-order valence-electron chi connectivity index (χ2n) is 4.97. The summed E-state index contributed by atoms with van der Waals surface area (Å²) in [5.41, 5.74) is 0.336. The van der Waals surface area contributed by atoms with Crippen molar-refractivity contribution in [2.75, 3.05) is 19.7 Å². The number of esters is 1. The molecule has 0 atom stereocenters. The number of carboxylic acid groups (broad SMARTS) is 1. The Bertz CT molecular complexity index is 523. The van der Waals surface area contributed by atoms with E-state index in [4.69, 9.17) is 21.4 Å². The molecule has 1 aliphatic rings. The van der Waals surface area contributed by atoms with Crippen LogP contribution in [0, 0.1) is 5.92 Å². The lowest BCUT2D eigenvalue weighted by Gasteiger charge is -2.30. The average molecular weight is 316 g/mol. The van der Waals surface area contributed by atoms with E-state index in [0.717, 1.165) is 12.8 Å². The minimum Gasteiger partial charge on any atom is -0.465 e. The van der Waals surface area contributed by atoms with Crippen LogP contribution in [0.1, 0.15) is 30.3 Å². The van der Waals surface area contributed by atoms with Gasteiger partial charge >= 0.3 is 12.1 Å². The first-order chi connectivity index (χ1) is 10.0. The van der Waals surface area contributed by atoms with Crippen molar-refractivity contribution in [3.8, 4) is 0 Å². The lowest BCUT2D eigenvalue weighted by molar-refractivity contribution is 0.0509. The topological polar surface area (TPSA) is 84.7 Å². The third-order valence-corrected chi connectivity index (χ3v) is 3.74. The summed E-state index contributed by atoms with van der Waals surface area (Å²) in [6.45, 7) is 3.57. The van der Waals surface area contributed by atoms with Gasteiger partial charge in [0.2, 0.25) is 0 Å². The van der Waals surface area contributed by atoms with Crippen molar-refractivity contribution < 1.29 is 19.4 Å². The predicted octanol–water partition coefficient (Wildman–Crippen LogP) is 2.10. The molecule has 1 amide bonds. The van der Waals surface area contributed by atoms with Crippen molar-refractivity contribution in [2.45, 2.75) is 26.3 Å². The molecule has 2 rings (SSSR count). The maximum absolute atomic E-state index is 11.8. The summed E-state index contributed by atoms with van der Waals surface area (Å²) < 4.78 is 6.53. The number of rotatable bonds is 4. The Morgan fingerprint density at radius 3 is 2.71 bits per heavy atom. The molecule has 21 heavy (non-hydrogen) atoms. The van der Waals surface area contributed by atoms with E-state index in [1.807, 2.05) is 0 Å². The normalized spacial score (nSPS) is 16.0. The lowest BCUT2D eigenvalue weighted by atomic mass is 9.97. The van der Waals surface area contributed by atoms with E-state index in [2.05, 4.69) is 5.10 Å². The fourth-order valence-corrected chi connectivity index (χ4v) is 2.64. The van der Waals surface area contributed by atoms with Crippen molar-refractivity contribution in [1.82, 2.24) is 14.7 Å². The zero-order chi connectivity index (χ0) is 15.4. The molecule has 0 unspecified atom stereocenters. The van der Waals surface area contributed by atoms with Gasteiger partial charge < -0.3 is 14.7 Å². The minimum atomic E-state index is -0.886. The summed E-state index contributed by atoms with van der Waals surface area (Å²) in [5, 5.41) is 13.3. The summed E-state index contributed by atoms with van der Waals surface area (Å²) in [4.78, 5) is 24.1. The summed E-state index contributed by atoms with van der Waals surface area (Å²) in [6.07, 6.45) is 0.598. The fourth-order valence-electron chi connectivity index (χ4n) is 2.45. The number of hydrogen-bond acceptors (Lipinski definition) is 4. The second kappa shape index (κ2) is 6.80. The van der Waals surface area contributed by atoms with Crippen LogP contribution in [0.15, 0.2) is 6.07 Å². The van der Waals surface area contributed by atoms with E-state index >= 15 is 0 Å². The first kappa shape index (κ1) is 15.6. The molecule has 0 bridgehead atoms. The summed E-state index contributed by atoms with van der Waals surface area (Å²) in [5.74, 6) is -0.176. The quantitative estimate of drug-likeness (QED) is 0.860. The molecule has 1 aromatic heterocycles. The average Bonchev–Trinajstić information content (AvgIpc) is 2.80. The van der Waals surface area contributed by atoms with Crippen LogP contribution >= 0.6 is 11.6 Å². The Hall–Kier alpha value is -1.76. The van der Waals surface area contributed by atoms with Crippen molar-refractivity contribution in [1.29, 1.82) is 0 Å². The van der Waals surface area contributed by atoms with Gasteiger partial charge in [-0.1, -0.05) is 11.6 Å². The van der Waals surface area contributed by atoms with Gasteiger partial charge in [0.25, 0.3) is 0 Å². The summed E-state index contributed by atoms with van der Waals surface area (Å²) >= 11 is 5.87. The van der Waals surface area contributed by atoms with E-state index in [9.17, 15) is 9.59 Å². The number of ether oxygens (including phenoxy) is 1. The van der Waals surface area contributed by atoms with Gasteiger partial charge in [0, 0.05) is 25.7 Å². The SMILES string of the molecule is CCOC(=O)c1cc(Cl)nn1CC1CCN(C(=O)O)CC1. The molecule has 1 fully saturated rings. The molecule has 0 aromatic carbocycles. The van der Waals surface area contributed by atoms with Crippen LogP contribution in [0.5, 0.6) is 0 Å². The van der Waals surface area contributed by atoms with Crippen LogP contribution < -0.4 is 0 Å². The molecule has 7 nitrogen and oxygen atoms in total. The van der Waals surface area contributed by atoms with Crippen LogP contribution in [-0.2, 0) is 11.3 Å². The molecule has 1 N–H and O–H groups in total. The predicted molar refractivity (Wildman–Crippen MR) is 75.5 cm³/mol. The monoisotopic (exact) mass is 315 g/mol. The third kappa shape index (κ3) is 3.87. The highest BCUT2D eigenvalue weighted by atomic mass is 35.5. The highest BCUT2D eigenvalue weighted by Crippen LogP contribution is 2.21. The molecular formula is C13H18ClN3O4. The van der Waals surface area contributed by atoms with Gasteiger partial charge in [0.15, 0.2) is 5.15 Å². The number of likely N-dealkylation sites (tertiary alicyclic amines) is 1. The number of piperidine rings is 1. The number of carbonyl (C=O) groups excluding carboxylic acids is 1. The van der Waals surface area contributed by atoms with Gasteiger partial charge in [-0.2, -0.15) is 5.10 Å². The maximum atomic E-state index is 11.8.